The van der Waals surface area contributed by atoms with Gasteiger partial charge in [-0.25, -0.2) is 0 Å². The number of anilines is 3. The summed E-state index contributed by atoms with van der Waals surface area (Å²) in [7, 11) is 0. The fourth-order valence-electron chi connectivity index (χ4n) is 6.78. The predicted octanol–water partition coefficient (Wildman–Crippen LogP) is 12.0. The summed E-state index contributed by atoms with van der Waals surface area (Å²) in [5.74, 6) is 0. The summed E-state index contributed by atoms with van der Waals surface area (Å²) in [6.07, 6.45) is 0. The number of benzene rings is 7. The molecular weight excluding hydrogens is 542 g/mol. The van der Waals surface area contributed by atoms with Crippen LogP contribution < -0.4 is 4.90 Å². The molecule has 4 heteroatoms. The van der Waals surface area contributed by atoms with Gasteiger partial charge >= 0.3 is 0 Å². The first-order valence-corrected chi connectivity index (χ1v) is 14.8. The Hall–Kier alpha value is -6.00. The molecule has 0 saturated heterocycles. The zero-order valence-electron chi connectivity index (χ0n) is 23.5. The van der Waals surface area contributed by atoms with Gasteiger partial charge in [-0.15, -0.1) is 0 Å². The van der Waals surface area contributed by atoms with E-state index in [1.165, 1.54) is 5.39 Å². The van der Waals surface area contributed by atoms with E-state index in [-0.39, 0.29) is 0 Å². The van der Waals surface area contributed by atoms with Gasteiger partial charge in [0.2, 0.25) is 0 Å². The van der Waals surface area contributed by atoms with Crippen LogP contribution in [-0.4, -0.2) is 0 Å². The molecule has 0 aliphatic carbocycles. The van der Waals surface area contributed by atoms with E-state index in [9.17, 15) is 0 Å². The standard InChI is InChI=1S/C40H23NO3/c1-2-10-26(11-3-1)41(28-14-16-30-29-12-6-7-13-34(29)43-38(30)23-28)27-15-18-35-33(22-27)39-36(42-35)19-17-31-32-20-24-8-4-5-9-25(24)21-37(32)44-40(31)39/h1-23H. The second-order valence-corrected chi connectivity index (χ2v) is 11.3. The molecule has 3 heterocycles. The van der Waals surface area contributed by atoms with Crippen molar-refractivity contribution in [3.63, 3.8) is 0 Å². The number of fused-ring (bicyclic) bond motifs is 11. The monoisotopic (exact) mass is 565 g/mol. The van der Waals surface area contributed by atoms with Crippen molar-refractivity contribution in [2.45, 2.75) is 0 Å². The minimum Gasteiger partial charge on any atom is -0.456 e. The van der Waals surface area contributed by atoms with Crippen LogP contribution in [0.3, 0.4) is 0 Å². The van der Waals surface area contributed by atoms with Crippen LogP contribution in [0.2, 0.25) is 0 Å². The molecule has 0 saturated carbocycles. The summed E-state index contributed by atoms with van der Waals surface area (Å²) in [5, 5.41) is 8.77. The fourth-order valence-corrected chi connectivity index (χ4v) is 6.78. The Morgan fingerprint density at radius 1 is 0.341 bits per heavy atom. The zero-order valence-corrected chi connectivity index (χ0v) is 23.5. The van der Waals surface area contributed by atoms with Crippen LogP contribution in [0.1, 0.15) is 0 Å². The molecular formula is C40H23NO3. The third-order valence-corrected chi connectivity index (χ3v) is 8.82. The quantitative estimate of drug-likeness (QED) is 0.214. The molecule has 4 nitrogen and oxygen atoms in total. The van der Waals surface area contributed by atoms with E-state index < -0.39 is 0 Å². The number of hydrogen-bond donors (Lipinski definition) is 0. The SMILES string of the molecule is c1ccc(N(c2ccc3c(c2)oc2ccccc23)c2ccc3oc4ccc5c6cc7ccccc7cc6oc5c4c3c2)cc1. The third kappa shape index (κ3) is 3.33. The molecule has 0 aliphatic heterocycles. The number of para-hydroxylation sites is 2. The average Bonchev–Trinajstić information content (AvgIpc) is 3.74. The van der Waals surface area contributed by atoms with Crippen LogP contribution in [0.25, 0.3) is 76.6 Å². The maximum absolute atomic E-state index is 6.60. The van der Waals surface area contributed by atoms with Gasteiger partial charge in [0.15, 0.2) is 0 Å². The fraction of sp³-hybridized carbons (Fsp3) is 0. The van der Waals surface area contributed by atoms with E-state index in [2.05, 4.69) is 120 Å². The van der Waals surface area contributed by atoms with E-state index in [0.29, 0.717) is 0 Å². The molecule has 0 amide bonds. The van der Waals surface area contributed by atoms with E-state index >= 15 is 0 Å². The highest BCUT2D eigenvalue weighted by atomic mass is 16.3. The molecule has 0 atom stereocenters. The van der Waals surface area contributed by atoms with Crippen molar-refractivity contribution in [3.05, 3.63) is 140 Å². The van der Waals surface area contributed by atoms with Crippen LogP contribution in [0.4, 0.5) is 17.1 Å². The Morgan fingerprint density at radius 3 is 1.89 bits per heavy atom. The van der Waals surface area contributed by atoms with Gasteiger partial charge in [0.25, 0.3) is 0 Å². The van der Waals surface area contributed by atoms with Crippen LogP contribution in [0.15, 0.2) is 153 Å². The Bertz CT molecular complexity index is 2730. The van der Waals surface area contributed by atoms with Gasteiger partial charge in [0, 0.05) is 50.1 Å². The molecule has 10 rings (SSSR count). The van der Waals surface area contributed by atoms with Gasteiger partial charge in [0.05, 0.1) is 5.39 Å². The van der Waals surface area contributed by atoms with Gasteiger partial charge in [-0.1, -0.05) is 60.7 Å². The maximum Gasteiger partial charge on any atom is 0.147 e. The highest BCUT2D eigenvalue weighted by Crippen LogP contribution is 2.44. The molecule has 0 unspecified atom stereocenters. The minimum absolute atomic E-state index is 0.809. The zero-order chi connectivity index (χ0) is 28.8. The highest BCUT2D eigenvalue weighted by Gasteiger charge is 2.20. The second kappa shape index (κ2) is 8.76. The molecule has 3 aromatic heterocycles. The smallest absolute Gasteiger partial charge is 0.147 e. The van der Waals surface area contributed by atoms with Gasteiger partial charge in [-0.3, -0.25) is 0 Å². The molecule has 0 fully saturated rings. The van der Waals surface area contributed by atoms with Gasteiger partial charge in [-0.05, 0) is 83.6 Å². The summed E-state index contributed by atoms with van der Waals surface area (Å²) in [6, 6.07) is 48.4. The molecule has 0 radical (unpaired) electrons. The molecule has 0 bridgehead atoms. The number of rotatable bonds is 3. The summed E-state index contributed by atoms with van der Waals surface area (Å²) < 4.78 is 19.3. The first-order chi connectivity index (χ1) is 21.8. The minimum atomic E-state index is 0.809. The van der Waals surface area contributed by atoms with Crippen molar-refractivity contribution >= 4 is 93.7 Å². The lowest BCUT2D eigenvalue weighted by Gasteiger charge is -2.25. The molecule has 0 N–H and O–H groups in total. The van der Waals surface area contributed by atoms with Crippen molar-refractivity contribution in [1.29, 1.82) is 0 Å². The molecule has 0 aliphatic rings. The molecule has 206 valence electrons. The van der Waals surface area contributed by atoms with Crippen LogP contribution in [0.5, 0.6) is 0 Å². The topological polar surface area (TPSA) is 42.7 Å². The lowest BCUT2D eigenvalue weighted by atomic mass is 10.0. The lowest BCUT2D eigenvalue weighted by molar-refractivity contribution is 0.663. The van der Waals surface area contributed by atoms with Crippen LogP contribution in [0, 0.1) is 0 Å². The normalized spacial score (nSPS) is 12.1. The Balaban J connectivity index is 1.22. The van der Waals surface area contributed by atoms with Gasteiger partial charge in [-0.2, -0.15) is 0 Å². The number of furan rings is 3. The lowest BCUT2D eigenvalue weighted by Crippen LogP contribution is -2.09. The number of hydrogen-bond acceptors (Lipinski definition) is 4. The van der Waals surface area contributed by atoms with E-state index in [4.69, 9.17) is 13.3 Å². The average molecular weight is 566 g/mol. The third-order valence-electron chi connectivity index (χ3n) is 8.82. The first kappa shape index (κ1) is 23.6. The predicted molar refractivity (Wildman–Crippen MR) is 180 cm³/mol. The first-order valence-electron chi connectivity index (χ1n) is 14.8. The summed E-state index contributed by atoms with van der Waals surface area (Å²) >= 11 is 0. The van der Waals surface area contributed by atoms with Crippen molar-refractivity contribution in [3.8, 4) is 0 Å². The maximum atomic E-state index is 6.60. The van der Waals surface area contributed by atoms with E-state index in [1.807, 2.05) is 24.3 Å². The number of nitrogens with zero attached hydrogens (tertiary/aromatic N) is 1. The summed E-state index contributed by atoms with van der Waals surface area (Å²) in [4.78, 5) is 2.26. The van der Waals surface area contributed by atoms with E-state index in [1.54, 1.807) is 0 Å². The van der Waals surface area contributed by atoms with Crippen LogP contribution >= 0.6 is 0 Å². The van der Waals surface area contributed by atoms with Crippen molar-refractivity contribution in [1.82, 2.24) is 0 Å². The van der Waals surface area contributed by atoms with Crippen molar-refractivity contribution in [2.24, 2.45) is 0 Å². The highest BCUT2D eigenvalue weighted by molar-refractivity contribution is 6.23. The largest absolute Gasteiger partial charge is 0.456 e. The van der Waals surface area contributed by atoms with Gasteiger partial charge < -0.3 is 18.2 Å². The Kier molecular flexibility index (Phi) is 4.69. The van der Waals surface area contributed by atoms with Crippen LogP contribution in [-0.2, 0) is 0 Å². The molecule has 7 aromatic carbocycles. The van der Waals surface area contributed by atoms with Gasteiger partial charge in [0.1, 0.15) is 33.5 Å². The molecule has 10 aromatic rings. The van der Waals surface area contributed by atoms with E-state index in [0.717, 1.165) is 88.3 Å². The summed E-state index contributed by atoms with van der Waals surface area (Å²) in [6.45, 7) is 0. The molecule has 44 heavy (non-hydrogen) atoms. The van der Waals surface area contributed by atoms with Crippen molar-refractivity contribution in [2.75, 3.05) is 4.90 Å². The molecule has 0 spiro atoms. The van der Waals surface area contributed by atoms with Crippen molar-refractivity contribution < 1.29 is 13.3 Å². The Morgan fingerprint density at radius 2 is 0.977 bits per heavy atom. The summed E-state index contributed by atoms with van der Waals surface area (Å²) in [5.41, 5.74) is 8.17. The Labute approximate surface area is 250 Å². The second-order valence-electron chi connectivity index (χ2n) is 11.3.